The first-order valence-electron chi connectivity index (χ1n) is 15.4. The van der Waals surface area contributed by atoms with Gasteiger partial charge in [0.2, 0.25) is 5.95 Å². The minimum absolute atomic E-state index is 0.435. The van der Waals surface area contributed by atoms with Gasteiger partial charge < -0.3 is 4.55 Å². The van der Waals surface area contributed by atoms with Crippen molar-refractivity contribution in [3.63, 3.8) is 0 Å². The normalized spacial score (nSPS) is 12.5. The first kappa shape index (κ1) is 28.0. The summed E-state index contributed by atoms with van der Waals surface area (Å²) in [6.07, 6.45) is 0. The Morgan fingerprint density at radius 3 is 1.71 bits per heavy atom. The Morgan fingerprint density at radius 1 is 0.542 bits per heavy atom. The number of nitrogens with zero attached hydrogens (tertiary/aromatic N) is 6. The Morgan fingerprint density at radius 2 is 1.08 bits per heavy atom. The fourth-order valence-electron chi connectivity index (χ4n) is 6.51. The van der Waals surface area contributed by atoms with Crippen LogP contribution in [0.4, 0.5) is 17.1 Å². The Kier molecular flexibility index (Phi) is 6.54. The van der Waals surface area contributed by atoms with Crippen LogP contribution >= 0.6 is 0 Å². The van der Waals surface area contributed by atoms with Crippen molar-refractivity contribution >= 4 is 50.0 Å². The molecule has 0 saturated carbocycles. The van der Waals surface area contributed by atoms with E-state index < -0.39 is 11.2 Å². The molecule has 8 heteroatoms. The highest BCUT2D eigenvalue weighted by molar-refractivity contribution is 7.92. The number of aromatic nitrogens is 4. The van der Waals surface area contributed by atoms with Crippen LogP contribution in [0, 0.1) is 11.3 Å². The second-order valence-electron chi connectivity index (χ2n) is 11.4. The first-order valence-corrected chi connectivity index (χ1v) is 16.6. The zero-order valence-electron chi connectivity index (χ0n) is 25.4. The predicted molar refractivity (Wildman–Crippen MR) is 189 cm³/mol. The van der Waals surface area contributed by atoms with Gasteiger partial charge in [-0.3, -0.25) is 9.47 Å². The van der Waals surface area contributed by atoms with Gasteiger partial charge in [0, 0.05) is 33.1 Å². The standard InChI is InChI=1S/C40H24N6OS/c41-25-28-24-27(22-23-31(28)45-34-18-8-10-20-36(34)48(47)37-21-11-9-19-35(37)45)39-42-38(26-12-2-1-3-13-26)43-40(44-39)46-32-16-6-4-14-29(32)30-15-5-7-17-33(30)46/h1-24H. The molecule has 2 aromatic heterocycles. The molecule has 0 saturated heterocycles. The summed E-state index contributed by atoms with van der Waals surface area (Å²) >= 11 is -1.34. The zero-order valence-corrected chi connectivity index (χ0v) is 26.2. The number of nitriles is 1. The number of hydrogen-bond acceptors (Lipinski definition) is 6. The molecule has 6 aromatic carbocycles. The number of para-hydroxylation sites is 4. The van der Waals surface area contributed by atoms with E-state index in [0.717, 1.165) is 38.7 Å². The lowest BCUT2D eigenvalue weighted by Gasteiger charge is -2.33. The summed E-state index contributed by atoms with van der Waals surface area (Å²) in [6.45, 7) is 0. The maximum atomic E-state index is 13.5. The fourth-order valence-corrected chi connectivity index (χ4v) is 7.85. The molecule has 0 aliphatic carbocycles. The van der Waals surface area contributed by atoms with Gasteiger partial charge >= 0.3 is 0 Å². The average molecular weight is 637 g/mol. The van der Waals surface area contributed by atoms with Gasteiger partial charge in [-0.05, 0) is 54.6 Å². The molecule has 1 aliphatic rings. The minimum atomic E-state index is -1.34. The molecule has 0 N–H and O–H groups in total. The minimum Gasteiger partial charge on any atom is -0.606 e. The van der Waals surface area contributed by atoms with E-state index in [1.165, 1.54) is 0 Å². The highest BCUT2D eigenvalue weighted by Gasteiger charge is 2.35. The second-order valence-corrected chi connectivity index (χ2v) is 12.8. The number of anilines is 3. The maximum absolute atomic E-state index is 13.5. The molecule has 0 spiro atoms. The molecule has 1 aliphatic heterocycles. The summed E-state index contributed by atoms with van der Waals surface area (Å²) in [6, 6.07) is 49.7. The van der Waals surface area contributed by atoms with E-state index in [2.05, 4.69) is 34.9 Å². The molecule has 0 atom stereocenters. The van der Waals surface area contributed by atoms with Gasteiger partial charge in [0.25, 0.3) is 0 Å². The van der Waals surface area contributed by atoms with E-state index in [1.807, 2.05) is 126 Å². The summed E-state index contributed by atoms with van der Waals surface area (Å²) in [5.41, 5.74) is 6.18. The summed E-state index contributed by atoms with van der Waals surface area (Å²) in [5.74, 6) is 1.46. The topological polar surface area (TPSA) is 93.7 Å². The molecule has 0 unspecified atom stereocenters. The van der Waals surface area contributed by atoms with Gasteiger partial charge in [-0.2, -0.15) is 15.2 Å². The number of benzene rings is 6. The van der Waals surface area contributed by atoms with Crippen LogP contribution in [-0.2, 0) is 11.2 Å². The quantitative estimate of drug-likeness (QED) is 0.179. The van der Waals surface area contributed by atoms with Crippen LogP contribution < -0.4 is 4.90 Å². The SMILES string of the molecule is N#Cc1cc(-c2nc(-c3ccccc3)nc(-n3c4ccccc4c4ccccc43)n2)ccc1N1c2ccccc2[S+]([O-])c2ccccc21. The molecular weight excluding hydrogens is 613 g/mol. The smallest absolute Gasteiger partial charge is 0.238 e. The van der Waals surface area contributed by atoms with Crippen LogP contribution in [0.1, 0.15) is 5.56 Å². The van der Waals surface area contributed by atoms with Gasteiger partial charge in [-0.15, -0.1) is 0 Å². The van der Waals surface area contributed by atoms with Crippen molar-refractivity contribution in [1.82, 2.24) is 19.5 Å². The number of hydrogen-bond donors (Lipinski definition) is 0. The van der Waals surface area contributed by atoms with Crippen molar-refractivity contribution in [3.8, 4) is 34.8 Å². The van der Waals surface area contributed by atoms with Gasteiger partial charge in [-0.25, -0.2) is 4.98 Å². The molecule has 0 bridgehead atoms. The lowest BCUT2D eigenvalue weighted by molar-refractivity contribution is 0.594. The monoisotopic (exact) mass is 636 g/mol. The van der Waals surface area contributed by atoms with Crippen LogP contribution in [0.2, 0.25) is 0 Å². The van der Waals surface area contributed by atoms with E-state index in [0.29, 0.717) is 44.2 Å². The zero-order chi connectivity index (χ0) is 32.2. The van der Waals surface area contributed by atoms with E-state index in [4.69, 9.17) is 15.0 Å². The van der Waals surface area contributed by atoms with Gasteiger partial charge in [0.1, 0.15) is 17.4 Å². The molecule has 9 rings (SSSR count). The van der Waals surface area contributed by atoms with Crippen molar-refractivity contribution in [2.45, 2.75) is 9.79 Å². The second kappa shape index (κ2) is 11.2. The first-order chi connectivity index (χ1) is 23.7. The van der Waals surface area contributed by atoms with E-state index in [-0.39, 0.29) is 0 Å². The molecule has 226 valence electrons. The molecule has 7 nitrogen and oxygen atoms in total. The van der Waals surface area contributed by atoms with Crippen LogP contribution in [0.25, 0.3) is 50.5 Å². The predicted octanol–water partition coefficient (Wildman–Crippen LogP) is 9.12. The van der Waals surface area contributed by atoms with E-state index in [1.54, 1.807) is 0 Å². The molecule has 8 aromatic rings. The largest absolute Gasteiger partial charge is 0.606 e. The third-order valence-electron chi connectivity index (χ3n) is 8.66. The third kappa shape index (κ3) is 4.37. The highest BCUT2D eigenvalue weighted by atomic mass is 32.2. The highest BCUT2D eigenvalue weighted by Crippen LogP contribution is 2.48. The average Bonchev–Trinajstić information content (AvgIpc) is 3.50. The van der Waals surface area contributed by atoms with Crippen LogP contribution in [0.5, 0.6) is 0 Å². The van der Waals surface area contributed by atoms with Gasteiger partial charge in [-0.1, -0.05) is 91.0 Å². The Balaban J connectivity index is 1.25. The Hall–Kier alpha value is -6.27. The third-order valence-corrected chi connectivity index (χ3v) is 10.2. The molecular formula is C40H24N6OS. The van der Waals surface area contributed by atoms with Crippen molar-refractivity contribution < 1.29 is 4.55 Å². The summed E-state index contributed by atoms with van der Waals surface area (Å²) in [5, 5.41) is 12.8. The maximum Gasteiger partial charge on any atom is 0.238 e. The molecule has 3 heterocycles. The van der Waals surface area contributed by atoms with Gasteiger partial charge in [0.15, 0.2) is 21.4 Å². The summed E-state index contributed by atoms with van der Waals surface area (Å²) < 4.78 is 15.6. The van der Waals surface area contributed by atoms with Crippen LogP contribution in [-0.4, -0.2) is 24.1 Å². The lowest BCUT2D eigenvalue weighted by atomic mass is 10.1. The number of rotatable bonds is 4. The molecule has 0 radical (unpaired) electrons. The van der Waals surface area contributed by atoms with Crippen LogP contribution in [0.15, 0.2) is 155 Å². The molecule has 48 heavy (non-hydrogen) atoms. The van der Waals surface area contributed by atoms with Crippen molar-refractivity contribution in [2.75, 3.05) is 4.90 Å². The van der Waals surface area contributed by atoms with Crippen LogP contribution in [0.3, 0.4) is 0 Å². The Labute approximate surface area is 279 Å². The fraction of sp³-hybridized carbons (Fsp3) is 0. The van der Waals surface area contributed by atoms with E-state index in [9.17, 15) is 9.81 Å². The van der Waals surface area contributed by atoms with Gasteiger partial charge in [0.05, 0.1) is 22.3 Å². The van der Waals surface area contributed by atoms with Crippen molar-refractivity contribution in [2.24, 2.45) is 0 Å². The lowest BCUT2D eigenvalue weighted by Crippen LogP contribution is -2.22. The number of fused-ring (bicyclic) bond motifs is 5. The molecule has 0 fully saturated rings. The van der Waals surface area contributed by atoms with Crippen molar-refractivity contribution in [3.05, 3.63) is 151 Å². The van der Waals surface area contributed by atoms with Crippen molar-refractivity contribution in [1.29, 1.82) is 5.26 Å². The van der Waals surface area contributed by atoms with E-state index >= 15 is 0 Å². The summed E-state index contributed by atoms with van der Waals surface area (Å²) in [7, 11) is 0. The Bertz CT molecular complexity index is 2470. The molecule has 0 amide bonds. The summed E-state index contributed by atoms with van der Waals surface area (Å²) in [4.78, 5) is 18.4.